The smallest absolute Gasteiger partial charge is 0.290 e. The summed E-state index contributed by atoms with van der Waals surface area (Å²) in [7, 11) is 3.95. The van der Waals surface area contributed by atoms with Gasteiger partial charge in [0.15, 0.2) is 12.0 Å². The highest BCUT2D eigenvalue weighted by Crippen LogP contribution is 2.38. The summed E-state index contributed by atoms with van der Waals surface area (Å²) in [5.41, 5.74) is 6.43. The Kier molecular flexibility index (Phi) is 5.96. The van der Waals surface area contributed by atoms with E-state index in [1.54, 1.807) is 53.4 Å². The van der Waals surface area contributed by atoms with Gasteiger partial charge in [0.1, 0.15) is 11.3 Å². The first-order chi connectivity index (χ1) is 15.4. The molecular weight excluding hydrogens is 410 g/mol. The zero-order chi connectivity index (χ0) is 22.8. The lowest BCUT2D eigenvalue weighted by atomic mass is 9.98. The molecule has 32 heavy (non-hydrogen) atoms. The summed E-state index contributed by atoms with van der Waals surface area (Å²) in [5.74, 6) is -0.291. The van der Waals surface area contributed by atoms with Crippen LogP contribution in [0.3, 0.4) is 0 Å². The number of ether oxygens (including phenoxy) is 1. The first kappa shape index (κ1) is 21.6. The lowest BCUT2D eigenvalue weighted by molar-refractivity contribution is -0.119. The largest absolute Gasteiger partial charge is 0.484 e. The highest BCUT2D eigenvalue weighted by Gasteiger charge is 2.42. The van der Waals surface area contributed by atoms with Crippen molar-refractivity contribution in [1.82, 2.24) is 9.80 Å². The Labute approximate surface area is 185 Å². The number of rotatable bonds is 8. The van der Waals surface area contributed by atoms with Crippen molar-refractivity contribution < 1.29 is 18.7 Å². The fraction of sp³-hybridized carbons (Fsp3) is 0.292. The van der Waals surface area contributed by atoms with Gasteiger partial charge >= 0.3 is 0 Å². The SMILES string of the molecule is CN(C)CCCN1C(=O)c2oc3ccccc3c(=O)c2C1c1ccc(OCC(N)=O)cc1. The number of nitrogens with two attached hydrogens (primary N) is 1. The molecular formula is C24H25N3O5. The average Bonchev–Trinajstić information content (AvgIpc) is 3.05. The molecule has 0 radical (unpaired) electrons. The predicted octanol–water partition coefficient (Wildman–Crippen LogP) is 2.15. The Balaban J connectivity index is 1.76. The number of amides is 2. The molecule has 2 amide bonds. The van der Waals surface area contributed by atoms with E-state index in [2.05, 4.69) is 0 Å². The molecule has 0 aliphatic carbocycles. The average molecular weight is 435 g/mol. The molecule has 0 spiro atoms. The van der Waals surface area contributed by atoms with E-state index in [1.807, 2.05) is 19.0 Å². The minimum Gasteiger partial charge on any atom is -0.484 e. The summed E-state index contributed by atoms with van der Waals surface area (Å²) >= 11 is 0. The van der Waals surface area contributed by atoms with Gasteiger partial charge in [0, 0.05) is 6.54 Å². The Morgan fingerprint density at radius 2 is 1.84 bits per heavy atom. The lowest BCUT2D eigenvalue weighted by Crippen LogP contribution is -2.32. The molecule has 1 aliphatic heterocycles. The second kappa shape index (κ2) is 8.84. The summed E-state index contributed by atoms with van der Waals surface area (Å²) < 4.78 is 11.3. The van der Waals surface area contributed by atoms with Crippen molar-refractivity contribution >= 4 is 22.8 Å². The third-order valence-corrected chi connectivity index (χ3v) is 5.45. The van der Waals surface area contributed by atoms with E-state index in [4.69, 9.17) is 14.9 Å². The molecule has 4 rings (SSSR count). The van der Waals surface area contributed by atoms with Crippen molar-refractivity contribution in [3.05, 3.63) is 75.6 Å². The Morgan fingerprint density at radius 1 is 1.12 bits per heavy atom. The van der Waals surface area contributed by atoms with Crippen molar-refractivity contribution in [2.24, 2.45) is 5.73 Å². The Morgan fingerprint density at radius 3 is 2.53 bits per heavy atom. The molecule has 8 nitrogen and oxygen atoms in total. The van der Waals surface area contributed by atoms with Crippen LogP contribution in [0.4, 0.5) is 0 Å². The van der Waals surface area contributed by atoms with E-state index in [0.29, 0.717) is 28.8 Å². The fourth-order valence-electron chi connectivity index (χ4n) is 4.00. The van der Waals surface area contributed by atoms with Crippen molar-refractivity contribution in [3.63, 3.8) is 0 Å². The number of nitrogens with zero attached hydrogens (tertiary/aromatic N) is 2. The lowest BCUT2D eigenvalue weighted by Gasteiger charge is -2.26. The van der Waals surface area contributed by atoms with Crippen LogP contribution in [0, 0.1) is 0 Å². The molecule has 1 aromatic heterocycles. The number of fused-ring (bicyclic) bond motifs is 2. The van der Waals surface area contributed by atoms with Crippen LogP contribution in [0.1, 0.15) is 34.1 Å². The first-order valence-corrected chi connectivity index (χ1v) is 10.4. The van der Waals surface area contributed by atoms with Crippen LogP contribution in [0.15, 0.2) is 57.7 Å². The quantitative estimate of drug-likeness (QED) is 0.581. The van der Waals surface area contributed by atoms with Crippen LogP contribution in [0.5, 0.6) is 5.75 Å². The van der Waals surface area contributed by atoms with Crippen molar-refractivity contribution in [2.45, 2.75) is 12.5 Å². The van der Waals surface area contributed by atoms with Gasteiger partial charge in [-0.25, -0.2) is 0 Å². The van der Waals surface area contributed by atoms with Crippen LogP contribution in [0.25, 0.3) is 11.0 Å². The number of primary amides is 1. The van der Waals surface area contributed by atoms with Gasteiger partial charge < -0.3 is 24.7 Å². The van der Waals surface area contributed by atoms with Gasteiger partial charge in [-0.15, -0.1) is 0 Å². The minimum absolute atomic E-state index is 0.0950. The maximum atomic E-state index is 13.4. The molecule has 0 bridgehead atoms. The predicted molar refractivity (Wildman–Crippen MR) is 120 cm³/mol. The molecule has 2 aromatic carbocycles. The van der Waals surface area contributed by atoms with Crippen LogP contribution < -0.4 is 15.9 Å². The normalized spacial score (nSPS) is 15.4. The van der Waals surface area contributed by atoms with Gasteiger partial charge in [-0.1, -0.05) is 24.3 Å². The molecule has 1 atom stereocenters. The van der Waals surface area contributed by atoms with Crippen LogP contribution in [-0.4, -0.2) is 55.4 Å². The number of hydrogen-bond acceptors (Lipinski definition) is 6. The standard InChI is InChI=1S/C24H25N3O5/c1-26(2)12-5-13-27-21(15-8-10-16(11-9-15)31-14-19(25)28)20-22(29)17-6-3-4-7-18(17)32-23(20)24(27)30/h3-4,6-11,21H,5,12-14H2,1-2H3,(H2,25,28). The summed E-state index contributed by atoms with van der Waals surface area (Å²) in [4.78, 5) is 41.4. The number of carbonyl (C=O) groups is 2. The maximum absolute atomic E-state index is 13.4. The number of benzene rings is 2. The molecule has 3 aromatic rings. The molecule has 0 fully saturated rings. The third kappa shape index (κ3) is 4.09. The Bertz CT molecular complexity index is 1220. The van der Waals surface area contributed by atoms with E-state index in [9.17, 15) is 14.4 Å². The summed E-state index contributed by atoms with van der Waals surface area (Å²) in [6, 6.07) is 13.4. The summed E-state index contributed by atoms with van der Waals surface area (Å²) in [5, 5.41) is 0.445. The highest BCUT2D eigenvalue weighted by atomic mass is 16.5. The maximum Gasteiger partial charge on any atom is 0.290 e. The zero-order valence-corrected chi connectivity index (χ0v) is 18.0. The van der Waals surface area contributed by atoms with Crippen molar-refractivity contribution in [2.75, 3.05) is 33.8 Å². The minimum atomic E-state index is -0.569. The molecule has 8 heteroatoms. The third-order valence-electron chi connectivity index (χ3n) is 5.45. The van der Waals surface area contributed by atoms with Gasteiger partial charge in [-0.2, -0.15) is 0 Å². The van der Waals surface area contributed by atoms with Gasteiger partial charge in [0.05, 0.1) is 17.0 Å². The van der Waals surface area contributed by atoms with E-state index < -0.39 is 11.9 Å². The zero-order valence-electron chi connectivity index (χ0n) is 18.0. The summed E-state index contributed by atoms with van der Waals surface area (Å²) in [6.45, 7) is 1.05. The second-order valence-electron chi connectivity index (χ2n) is 8.05. The van der Waals surface area contributed by atoms with E-state index in [0.717, 1.165) is 18.5 Å². The topological polar surface area (TPSA) is 106 Å². The van der Waals surface area contributed by atoms with Crippen molar-refractivity contribution in [3.8, 4) is 5.75 Å². The molecule has 0 saturated heterocycles. The van der Waals surface area contributed by atoms with E-state index >= 15 is 0 Å². The molecule has 2 N–H and O–H groups in total. The molecule has 1 unspecified atom stereocenters. The van der Waals surface area contributed by atoms with Crippen molar-refractivity contribution in [1.29, 1.82) is 0 Å². The molecule has 2 heterocycles. The number of hydrogen-bond donors (Lipinski definition) is 1. The number of para-hydroxylation sites is 1. The molecule has 166 valence electrons. The van der Waals surface area contributed by atoms with E-state index in [1.165, 1.54) is 0 Å². The Hall–Kier alpha value is -3.65. The van der Waals surface area contributed by atoms with Gasteiger partial charge in [-0.05, 0) is 56.9 Å². The molecule has 1 aliphatic rings. The van der Waals surface area contributed by atoms with Gasteiger partial charge in [0.25, 0.3) is 11.8 Å². The summed E-state index contributed by atoms with van der Waals surface area (Å²) in [6.07, 6.45) is 0.747. The van der Waals surface area contributed by atoms with Crippen LogP contribution in [0.2, 0.25) is 0 Å². The van der Waals surface area contributed by atoms with Crippen LogP contribution >= 0.6 is 0 Å². The first-order valence-electron chi connectivity index (χ1n) is 10.4. The number of carbonyl (C=O) groups excluding carboxylic acids is 2. The van der Waals surface area contributed by atoms with Crippen LogP contribution in [-0.2, 0) is 4.79 Å². The van der Waals surface area contributed by atoms with Gasteiger partial charge in [0.2, 0.25) is 5.76 Å². The second-order valence-corrected chi connectivity index (χ2v) is 8.05. The highest BCUT2D eigenvalue weighted by molar-refractivity contribution is 5.99. The molecule has 0 saturated carbocycles. The fourth-order valence-corrected chi connectivity index (χ4v) is 4.00. The monoisotopic (exact) mass is 435 g/mol. The van der Waals surface area contributed by atoms with E-state index in [-0.39, 0.29) is 23.7 Å². The van der Waals surface area contributed by atoms with Gasteiger partial charge in [-0.3, -0.25) is 14.4 Å².